The van der Waals surface area contributed by atoms with Crippen LogP contribution >= 0.6 is 27.7 Å². The van der Waals surface area contributed by atoms with Crippen LogP contribution in [-0.2, 0) is 11.4 Å². The number of rotatable bonds is 7. The molecule has 1 fully saturated rings. The van der Waals surface area contributed by atoms with Gasteiger partial charge in [0.25, 0.3) is 11.1 Å². The summed E-state index contributed by atoms with van der Waals surface area (Å²) in [5, 5.41) is -0.402. The molecule has 1 aliphatic rings. The first-order chi connectivity index (χ1) is 14.4. The van der Waals surface area contributed by atoms with Gasteiger partial charge in [0.15, 0.2) is 11.5 Å². The molecule has 1 aliphatic heterocycles. The molecule has 0 aliphatic carbocycles. The van der Waals surface area contributed by atoms with E-state index in [1.54, 1.807) is 30.3 Å². The zero-order valence-corrected chi connectivity index (χ0v) is 18.4. The molecule has 0 radical (unpaired) electrons. The molecule has 5 nitrogen and oxygen atoms in total. The van der Waals surface area contributed by atoms with Gasteiger partial charge in [-0.2, -0.15) is 0 Å². The van der Waals surface area contributed by atoms with Crippen molar-refractivity contribution in [2.24, 2.45) is 0 Å². The molecule has 30 heavy (non-hydrogen) atoms. The van der Waals surface area contributed by atoms with Gasteiger partial charge in [-0.25, -0.2) is 4.39 Å². The van der Waals surface area contributed by atoms with Gasteiger partial charge < -0.3 is 9.47 Å². The second-order valence-electron chi connectivity index (χ2n) is 6.14. The minimum atomic E-state index is -0.431. The number of nitrogens with zero attached hydrogens (tertiary/aromatic N) is 1. The normalized spacial score (nSPS) is 14.9. The Morgan fingerprint density at radius 3 is 2.70 bits per heavy atom. The van der Waals surface area contributed by atoms with E-state index in [0.717, 1.165) is 16.7 Å². The van der Waals surface area contributed by atoms with Crippen molar-refractivity contribution in [2.75, 3.05) is 13.2 Å². The lowest BCUT2D eigenvalue weighted by Crippen LogP contribution is -2.28. The van der Waals surface area contributed by atoms with Crippen molar-refractivity contribution in [1.82, 2.24) is 4.90 Å². The van der Waals surface area contributed by atoms with Crippen molar-refractivity contribution in [3.63, 3.8) is 0 Å². The third-order valence-corrected chi connectivity index (χ3v) is 5.65. The molecule has 1 heterocycles. The van der Waals surface area contributed by atoms with Gasteiger partial charge in [-0.05, 0) is 60.2 Å². The van der Waals surface area contributed by atoms with Crippen LogP contribution in [0.1, 0.15) is 18.1 Å². The summed E-state index contributed by atoms with van der Waals surface area (Å²) in [5.41, 5.74) is 1.32. The summed E-state index contributed by atoms with van der Waals surface area (Å²) < 4.78 is 25.5. The summed E-state index contributed by atoms with van der Waals surface area (Å²) in [6, 6.07) is 9.57. The van der Waals surface area contributed by atoms with Gasteiger partial charge in [-0.3, -0.25) is 14.5 Å². The first-order valence-corrected chi connectivity index (χ1v) is 10.6. The minimum absolute atomic E-state index is 0.0692. The van der Waals surface area contributed by atoms with Gasteiger partial charge in [-0.1, -0.05) is 34.0 Å². The molecule has 0 saturated carbocycles. The lowest BCUT2D eigenvalue weighted by atomic mass is 10.1. The van der Waals surface area contributed by atoms with E-state index >= 15 is 0 Å². The number of thioether (sulfide) groups is 1. The standard InChI is InChI=1S/C22H17BrFNO4S/c1-3-8-25-21(26)20(30-22(25)27)11-15-10-18(28-4-2)19(12-17(15)23)29-13-14-6-5-7-16(24)9-14/h1,5-7,9-12H,4,8,13H2,2H3/b20-11+. The smallest absolute Gasteiger partial charge is 0.294 e. The number of carbonyl (C=O) groups is 2. The van der Waals surface area contributed by atoms with Crippen molar-refractivity contribution in [3.05, 3.63) is 62.7 Å². The number of hydrogen-bond acceptors (Lipinski definition) is 5. The van der Waals surface area contributed by atoms with E-state index in [1.807, 2.05) is 6.92 Å². The van der Waals surface area contributed by atoms with Crippen LogP contribution < -0.4 is 9.47 Å². The first kappa shape index (κ1) is 21.9. The van der Waals surface area contributed by atoms with E-state index in [0.29, 0.717) is 33.7 Å². The highest BCUT2D eigenvalue weighted by Crippen LogP contribution is 2.38. The second kappa shape index (κ2) is 9.83. The first-order valence-electron chi connectivity index (χ1n) is 8.95. The Morgan fingerprint density at radius 1 is 1.23 bits per heavy atom. The number of benzene rings is 2. The number of hydrogen-bond donors (Lipinski definition) is 0. The lowest BCUT2D eigenvalue weighted by Gasteiger charge is -2.14. The number of carbonyl (C=O) groups excluding carboxylic acids is 2. The van der Waals surface area contributed by atoms with E-state index in [2.05, 4.69) is 21.9 Å². The van der Waals surface area contributed by atoms with Crippen LogP contribution in [0.4, 0.5) is 9.18 Å². The fourth-order valence-corrected chi connectivity index (χ4v) is 3.97. The Morgan fingerprint density at radius 2 is 2.00 bits per heavy atom. The summed E-state index contributed by atoms with van der Waals surface area (Å²) in [6.07, 6.45) is 6.82. The molecule has 2 aromatic carbocycles. The van der Waals surface area contributed by atoms with E-state index in [-0.39, 0.29) is 23.9 Å². The second-order valence-corrected chi connectivity index (χ2v) is 7.99. The predicted octanol–water partition coefficient (Wildman–Crippen LogP) is 5.24. The maximum Gasteiger partial charge on any atom is 0.294 e. The molecular formula is C22H17BrFNO4S. The molecule has 8 heteroatoms. The van der Waals surface area contributed by atoms with Gasteiger partial charge in [-0.15, -0.1) is 6.42 Å². The summed E-state index contributed by atoms with van der Waals surface area (Å²) in [7, 11) is 0. The number of imide groups is 1. The summed E-state index contributed by atoms with van der Waals surface area (Å²) in [5.74, 6) is 2.46. The Kier molecular flexibility index (Phi) is 7.19. The zero-order valence-electron chi connectivity index (χ0n) is 16.0. The number of ether oxygens (including phenoxy) is 2. The molecule has 0 N–H and O–H groups in total. The molecule has 154 valence electrons. The van der Waals surface area contributed by atoms with Crippen LogP contribution in [0.2, 0.25) is 0 Å². The highest BCUT2D eigenvalue weighted by molar-refractivity contribution is 9.10. The molecule has 0 atom stereocenters. The molecule has 0 aromatic heterocycles. The van der Waals surface area contributed by atoms with Crippen molar-refractivity contribution in [1.29, 1.82) is 0 Å². The third kappa shape index (κ3) is 5.04. The van der Waals surface area contributed by atoms with Gasteiger partial charge >= 0.3 is 0 Å². The highest BCUT2D eigenvalue weighted by Gasteiger charge is 2.34. The van der Waals surface area contributed by atoms with Crippen molar-refractivity contribution in [2.45, 2.75) is 13.5 Å². The van der Waals surface area contributed by atoms with Crippen LogP contribution in [0, 0.1) is 18.2 Å². The molecule has 0 spiro atoms. The summed E-state index contributed by atoms with van der Waals surface area (Å²) in [4.78, 5) is 25.7. The molecule has 2 amide bonds. The Bertz CT molecular complexity index is 1060. The largest absolute Gasteiger partial charge is 0.490 e. The van der Waals surface area contributed by atoms with Crippen molar-refractivity contribution >= 4 is 44.9 Å². The fourth-order valence-electron chi connectivity index (χ4n) is 2.70. The van der Waals surface area contributed by atoms with Crippen LogP contribution in [0.15, 0.2) is 45.8 Å². The molecule has 3 rings (SSSR count). The van der Waals surface area contributed by atoms with E-state index in [9.17, 15) is 14.0 Å². The monoisotopic (exact) mass is 489 g/mol. The predicted molar refractivity (Wildman–Crippen MR) is 118 cm³/mol. The van der Waals surface area contributed by atoms with E-state index < -0.39 is 11.1 Å². The van der Waals surface area contributed by atoms with Crippen LogP contribution in [0.25, 0.3) is 6.08 Å². The Balaban J connectivity index is 1.87. The average Bonchev–Trinajstić information content (AvgIpc) is 2.97. The maximum atomic E-state index is 13.4. The number of amides is 2. The van der Waals surface area contributed by atoms with Crippen molar-refractivity contribution in [3.8, 4) is 23.8 Å². The van der Waals surface area contributed by atoms with Gasteiger partial charge in [0, 0.05) is 4.47 Å². The molecule has 0 unspecified atom stereocenters. The SMILES string of the molecule is C#CCN1C(=O)S/C(=C/c2cc(OCC)c(OCc3cccc(F)c3)cc2Br)C1=O. The number of terminal acetylenes is 1. The van der Waals surface area contributed by atoms with E-state index in [4.69, 9.17) is 15.9 Å². The molecule has 1 saturated heterocycles. The minimum Gasteiger partial charge on any atom is -0.490 e. The summed E-state index contributed by atoms with van der Waals surface area (Å²) in [6.45, 7) is 2.33. The maximum absolute atomic E-state index is 13.4. The van der Waals surface area contributed by atoms with Gasteiger partial charge in [0.1, 0.15) is 12.4 Å². The Hall–Kier alpha value is -2.76. The zero-order chi connectivity index (χ0) is 21.7. The number of halogens is 2. The van der Waals surface area contributed by atoms with E-state index in [1.165, 1.54) is 12.1 Å². The molecule has 2 aromatic rings. The van der Waals surface area contributed by atoms with Crippen LogP contribution in [0.5, 0.6) is 11.5 Å². The lowest BCUT2D eigenvalue weighted by molar-refractivity contribution is -0.122. The third-order valence-electron chi connectivity index (χ3n) is 4.06. The quantitative estimate of drug-likeness (QED) is 0.393. The highest BCUT2D eigenvalue weighted by atomic mass is 79.9. The van der Waals surface area contributed by atoms with Crippen LogP contribution in [-0.4, -0.2) is 29.2 Å². The molecular weight excluding hydrogens is 473 g/mol. The van der Waals surface area contributed by atoms with Gasteiger partial charge in [0.2, 0.25) is 0 Å². The summed E-state index contributed by atoms with van der Waals surface area (Å²) >= 11 is 4.30. The van der Waals surface area contributed by atoms with Gasteiger partial charge in [0.05, 0.1) is 18.1 Å². The average molecular weight is 490 g/mol. The van der Waals surface area contributed by atoms with Crippen molar-refractivity contribution < 1.29 is 23.5 Å². The fraction of sp³-hybridized carbons (Fsp3) is 0.182. The Labute approximate surface area is 186 Å². The topological polar surface area (TPSA) is 55.8 Å². The van der Waals surface area contributed by atoms with Crippen LogP contribution in [0.3, 0.4) is 0 Å². The molecule has 0 bridgehead atoms.